The van der Waals surface area contributed by atoms with Gasteiger partial charge < -0.3 is 15.5 Å². The molecule has 0 amide bonds. The number of phenols is 1. The highest BCUT2D eigenvalue weighted by Gasteiger charge is 2.56. The quantitative estimate of drug-likeness (QED) is 0.507. The zero-order valence-corrected chi connectivity index (χ0v) is 16.3. The highest BCUT2D eigenvalue weighted by Crippen LogP contribution is 2.43. The van der Waals surface area contributed by atoms with Crippen LogP contribution in [-0.4, -0.2) is 38.5 Å². The summed E-state index contributed by atoms with van der Waals surface area (Å²) in [6.07, 6.45) is -2.92. The number of nitrogens with one attached hydrogen (secondary N) is 1. The number of phenolic OH excluding ortho intramolecular Hbond substituents is 1. The van der Waals surface area contributed by atoms with Gasteiger partial charge in [0.1, 0.15) is 17.1 Å². The smallest absolute Gasteiger partial charge is 0.418 e. The van der Waals surface area contributed by atoms with Crippen LogP contribution in [0.3, 0.4) is 0 Å². The summed E-state index contributed by atoms with van der Waals surface area (Å²) < 4.78 is 55.3. The number of benzene rings is 2. The summed E-state index contributed by atoms with van der Waals surface area (Å²) in [5.41, 5.74) is -3.44. The van der Waals surface area contributed by atoms with Crippen molar-refractivity contribution in [2.75, 3.05) is 11.9 Å². The van der Waals surface area contributed by atoms with Crippen molar-refractivity contribution in [1.82, 2.24) is 9.97 Å². The van der Waals surface area contributed by atoms with E-state index >= 15 is 0 Å². The van der Waals surface area contributed by atoms with Gasteiger partial charge in [0, 0.05) is 18.0 Å². The standard InChI is InChI=1S/C21H21F4N3O2/c1-19(2,14-10-13(22)6-7-17(14)29)11-20(30,21(23,24)25)12-28-16-5-3-4-15-18(16)27-9-8-26-15/h3-10,28-30H,11-12H2,1-2H3. The van der Waals surface area contributed by atoms with Crippen molar-refractivity contribution in [3.8, 4) is 5.75 Å². The fourth-order valence-electron chi connectivity index (χ4n) is 3.52. The second-order valence-electron chi connectivity index (χ2n) is 7.83. The van der Waals surface area contributed by atoms with Crippen LogP contribution in [0.1, 0.15) is 25.8 Å². The third-order valence-electron chi connectivity index (χ3n) is 5.02. The zero-order chi connectivity index (χ0) is 22.2. The van der Waals surface area contributed by atoms with E-state index < -0.39 is 36.0 Å². The van der Waals surface area contributed by atoms with E-state index in [1.165, 1.54) is 32.3 Å². The average molecular weight is 423 g/mol. The molecule has 0 radical (unpaired) electrons. The number of para-hydroxylation sites is 1. The first-order valence-corrected chi connectivity index (χ1v) is 9.15. The number of aromatic nitrogens is 2. The van der Waals surface area contributed by atoms with E-state index in [1.807, 2.05) is 0 Å². The highest BCUT2D eigenvalue weighted by atomic mass is 19.4. The molecule has 1 atom stereocenters. The Morgan fingerprint density at radius 2 is 1.73 bits per heavy atom. The predicted octanol–water partition coefficient (Wildman–Crippen LogP) is 4.55. The minimum atomic E-state index is -4.99. The molecule has 1 aromatic heterocycles. The number of nitrogens with zero attached hydrogens (tertiary/aromatic N) is 2. The highest BCUT2D eigenvalue weighted by molar-refractivity contribution is 5.87. The molecule has 3 aromatic rings. The van der Waals surface area contributed by atoms with Gasteiger partial charge in [-0.05, 0) is 42.2 Å². The largest absolute Gasteiger partial charge is 0.508 e. The maximum Gasteiger partial charge on any atom is 0.418 e. The normalized spacial score (nSPS) is 14.5. The lowest BCUT2D eigenvalue weighted by Crippen LogP contribution is -2.53. The fraction of sp³-hybridized carbons (Fsp3) is 0.333. The molecular weight excluding hydrogens is 402 g/mol. The van der Waals surface area contributed by atoms with Gasteiger partial charge in [0.2, 0.25) is 0 Å². The molecule has 3 N–H and O–H groups in total. The molecule has 0 saturated carbocycles. The summed E-state index contributed by atoms with van der Waals surface area (Å²) in [6.45, 7) is 1.94. The first-order valence-electron chi connectivity index (χ1n) is 9.15. The number of aliphatic hydroxyl groups is 1. The van der Waals surface area contributed by atoms with E-state index in [0.717, 1.165) is 18.2 Å². The zero-order valence-electron chi connectivity index (χ0n) is 16.3. The summed E-state index contributed by atoms with van der Waals surface area (Å²) in [6, 6.07) is 7.87. The summed E-state index contributed by atoms with van der Waals surface area (Å²) in [5, 5.41) is 23.3. The molecule has 0 saturated heterocycles. The Labute approximate surface area is 170 Å². The van der Waals surface area contributed by atoms with Crippen LogP contribution in [0.25, 0.3) is 11.0 Å². The van der Waals surface area contributed by atoms with Crippen LogP contribution < -0.4 is 5.32 Å². The van der Waals surface area contributed by atoms with Crippen molar-refractivity contribution in [3.05, 3.63) is 60.2 Å². The van der Waals surface area contributed by atoms with Gasteiger partial charge in [-0.3, -0.25) is 9.97 Å². The van der Waals surface area contributed by atoms with Gasteiger partial charge in [0.25, 0.3) is 0 Å². The lowest BCUT2D eigenvalue weighted by Gasteiger charge is -2.38. The second-order valence-corrected chi connectivity index (χ2v) is 7.83. The van der Waals surface area contributed by atoms with E-state index in [4.69, 9.17) is 0 Å². The maximum atomic E-state index is 13.9. The molecule has 9 heteroatoms. The molecule has 0 spiro atoms. The van der Waals surface area contributed by atoms with Gasteiger partial charge in [-0.2, -0.15) is 13.2 Å². The molecule has 0 fully saturated rings. The number of hydrogen-bond acceptors (Lipinski definition) is 5. The SMILES string of the molecule is CC(C)(CC(O)(CNc1cccc2nccnc12)C(F)(F)F)c1cc(F)ccc1O. The van der Waals surface area contributed by atoms with Gasteiger partial charge in [-0.25, -0.2) is 4.39 Å². The summed E-state index contributed by atoms with van der Waals surface area (Å²) >= 11 is 0. The molecular formula is C21H21F4N3O2. The third kappa shape index (κ3) is 4.30. The lowest BCUT2D eigenvalue weighted by atomic mass is 9.74. The second kappa shape index (κ2) is 7.71. The van der Waals surface area contributed by atoms with Gasteiger partial charge in [-0.15, -0.1) is 0 Å². The Balaban J connectivity index is 1.92. The lowest BCUT2D eigenvalue weighted by molar-refractivity contribution is -0.260. The van der Waals surface area contributed by atoms with Crippen LogP contribution in [0.5, 0.6) is 5.75 Å². The van der Waals surface area contributed by atoms with Crippen molar-refractivity contribution in [1.29, 1.82) is 0 Å². The Kier molecular flexibility index (Phi) is 5.60. The molecule has 2 aromatic carbocycles. The van der Waals surface area contributed by atoms with E-state index in [-0.39, 0.29) is 17.0 Å². The maximum absolute atomic E-state index is 13.9. The van der Waals surface area contributed by atoms with Gasteiger partial charge >= 0.3 is 6.18 Å². The molecule has 3 rings (SSSR count). The van der Waals surface area contributed by atoms with E-state index in [9.17, 15) is 27.8 Å². The third-order valence-corrected chi connectivity index (χ3v) is 5.02. The van der Waals surface area contributed by atoms with Gasteiger partial charge in [0.05, 0.1) is 17.7 Å². The molecule has 1 unspecified atom stereocenters. The number of anilines is 1. The Bertz CT molecular complexity index is 1050. The van der Waals surface area contributed by atoms with Crippen molar-refractivity contribution in [2.45, 2.75) is 37.5 Å². The van der Waals surface area contributed by atoms with Crippen LogP contribution in [-0.2, 0) is 5.41 Å². The number of aromatic hydroxyl groups is 1. The van der Waals surface area contributed by atoms with Crippen LogP contribution in [0, 0.1) is 5.82 Å². The Hall–Kier alpha value is -2.94. The van der Waals surface area contributed by atoms with Crippen molar-refractivity contribution in [2.24, 2.45) is 0 Å². The van der Waals surface area contributed by atoms with Crippen molar-refractivity contribution < 1.29 is 27.8 Å². The van der Waals surface area contributed by atoms with Gasteiger partial charge in [-0.1, -0.05) is 19.9 Å². The number of fused-ring (bicyclic) bond motifs is 1. The predicted molar refractivity (Wildman–Crippen MR) is 105 cm³/mol. The summed E-state index contributed by atoms with van der Waals surface area (Å²) in [5.74, 6) is -1.04. The number of alkyl halides is 3. The topological polar surface area (TPSA) is 78.3 Å². The van der Waals surface area contributed by atoms with Crippen LogP contribution in [0.4, 0.5) is 23.2 Å². The molecule has 0 aliphatic heterocycles. The van der Waals surface area contributed by atoms with Crippen molar-refractivity contribution in [3.63, 3.8) is 0 Å². The molecule has 0 bridgehead atoms. The minimum absolute atomic E-state index is 0.0267. The number of rotatable bonds is 6. The van der Waals surface area contributed by atoms with Gasteiger partial charge in [0.15, 0.2) is 5.60 Å². The van der Waals surface area contributed by atoms with Crippen LogP contribution in [0.15, 0.2) is 48.8 Å². The Morgan fingerprint density at radius 3 is 2.43 bits per heavy atom. The Morgan fingerprint density at radius 1 is 1.03 bits per heavy atom. The number of halogens is 4. The minimum Gasteiger partial charge on any atom is -0.508 e. The fourth-order valence-corrected chi connectivity index (χ4v) is 3.52. The van der Waals surface area contributed by atoms with Crippen LogP contribution in [0.2, 0.25) is 0 Å². The molecule has 5 nitrogen and oxygen atoms in total. The van der Waals surface area contributed by atoms with E-state index in [1.54, 1.807) is 12.1 Å². The molecule has 1 heterocycles. The molecule has 160 valence electrons. The first-order chi connectivity index (χ1) is 13.9. The molecule has 0 aliphatic rings. The van der Waals surface area contributed by atoms with Crippen molar-refractivity contribution >= 4 is 16.7 Å². The first kappa shape index (κ1) is 21.8. The monoisotopic (exact) mass is 423 g/mol. The van der Waals surface area contributed by atoms with Crippen LogP contribution >= 0.6 is 0 Å². The summed E-state index contributed by atoms with van der Waals surface area (Å²) in [7, 11) is 0. The van der Waals surface area contributed by atoms with E-state index in [2.05, 4.69) is 15.3 Å². The van der Waals surface area contributed by atoms with E-state index in [0.29, 0.717) is 11.0 Å². The number of hydrogen-bond donors (Lipinski definition) is 3. The average Bonchev–Trinajstić information content (AvgIpc) is 2.67. The summed E-state index contributed by atoms with van der Waals surface area (Å²) in [4.78, 5) is 8.23. The molecule has 30 heavy (non-hydrogen) atoms. The molecule has 0 aliphatic carbocycles.